The molecule has 6 heteroatoms. The molecule has 0 amide bonds. The van der Waals surface area contributed by atoms with Crippen molar-refractivity contribution in [2.24, 2.45) is 0 Å². The number of rotatable bonds is 7. The lowest BCUT2D eigenvalue weighted by molar-refractivity contribution is -0.140. The Morgan fingerprint density at radius 2 is 1.90 bits per heavy atom. The van der Waals surface area contributed by atoms with E-state index in [1.807, 2.05) is 13.8 Å². The van der Waals surface area contributed by atoms with E-state index >= 15 is 0 Å². The smallest absolute Gasteiger partial charge is 0.382 e. The Morgan fingerprint density at radius 1 is 1.24 bits per heavy atom. The fraction of sp³-hybridized carbons (Fsp3) is 0.600. The minimum Gasteiger partial charge on any atom is -0.382 e. The quantitative estimate of drug-likeness (QED) is 0.758. The van der Waals surface area contributed by atoms with Gasteiger partial charge in [0.15, 0.2) is 0 Å². The largest absolute Gasteiger partial charge is 0.419 e. The molecule has 1 rings (SSSR count). The van der Waals surface area contributed by atoms with Crippen LogP contribution in [0.15, 0.2) is 18.2 Å². The number of hydrogen-bond donors (Lipinski definition) is 1. The van der Waals surface area contributed by atoms with Crippen LogP contribution in [-0.2, 0) is 10.9 Å². The van der Waals surface area contributed by atoms with Crippen LogP contribution in [0.2, 0.25) is 0 Å². The highest BCUT2D eigenvalue weighted by molar-refractivity contribution is 5.29. The second kappa shape index (κ2) is 7.75. The number of methoxy groups -OCH3 is 1. The first kappa shape index (κ1) is 17.9. The molecule has 2 nitrogen and oxygen atoms in total. The lowest BCUT2D eigenvalue weighted by Crippen LogP contribution is -2.23. The van der Waals surface area contributed by atoms with Crippen LogP contribution < -0.4 is 5.32 Å². The molecule has 0 spiro atoms. The molecule has 0 aliphatic heterocycles. The standard InChI is InChI=1S/C15H21F4NO/c1-4-20-14(8-5-10(2)21-3)11-6-7-13(16)12(9-11)15(17,18)19/h6-7,9-10,14,20H,4-5,8H2,1-3H3. The van der Waals surface area contributed by atoms with Gasteiger partial charge >= 0.3 is 6.18 Å². The second-order valence-electron chi connectivity index (χ2n) is 4.97. The molecular weight excluding hydrogens is 286 g/mol. The van der Waals surface area contributed by atoms with E-state index in [9.17, 15) is 17.6 Å². The maximum absolute atomic E-state index is 13.3. The first-order valence-corrected chi connectivity index (χ1v) is 6.92. The van der Waals surface area contributed by atoms with Crippen LogP contribution in [0.3, 0.4) is 0 Å². The minimum atomic E-state index is -4.68. The zero-order chi connectivity index (χ0) is 16.0. The third-order valence-corrected chi connectivity index (χ3v) is 3.41. The van der Waals surface area contributed by atoms with Crippen molar-refractivity contribution in [1.29, 1.82) is 0 Å². The molecule has 0 aromatic heterocycles. The first-order valence-electron chi connectivity index (χ1n) is 6.92. The Kier molecular flexibility index (Phi) is 6.61. The van der Waals surface area contributed by atoms with Gasteiger partial charge in [-0.3, -0.25) is 0 Å². The Labute approximate surface area is 122 Å². The monoisotopic (exact) mass is 307 g/mol. The number of benzene rings is 1. The van der Waals surface area contributed by atoms with Gasteiger partial charge < -0.3 is 10.1 Å². The first-order chi connectivity index (χ1) is 9.79. The molecule has 120 valence electrons. The van der Waals surface area contributed by atoms with Crippen molar-refractivity contribution in [1.82, 2.24) is 5.32 Å². The summed E-state index contributed by atoms with van der Waals surface area (Å²) in [7, 11) is 1.59. The average Bonchev–Trinajstić information content (AvgIpc) is 2.42. The van der Waals surface area contributed by atoms with Crippen molar-refractivity contribution in [3.05, 3.63) is 35.1 Å². The predicted molar refractivity (Wildman–Crippen MR) is 73.5 cm³/mol. The maximum atomic E-state index is 13.3. The molecule has 0 bridgehead atoms. The SMILES string of the molecule is CCNC(CCC(C)OC)c1ccc(F)c(C(F)(F)F)c1. The average molecular weight is 307 g/mol. The summed E-state index contributed by atoms with van der Waals surface area (Å²) in [5, 5.41) is 3.13. The molecule has 0 heterocycles. The van der Waals surface area contributed by atoms with Crippen LogP contribution in [-0.4, -0.2) is 19.8 Å². The summed E-state index contributed by atoms with van der Waals surface area (Å²) in [6, 6.07) is 2.91. The van der Waals surface area contributed by atoms with Gasteiger partial charge in [-0.2, -0.15) is 13.2 Å². The fourth-order valence-electron chi connectivity index (χ4n) is 2.13. The molecule has 1 aromatic carbocycles. The van der Waals surface area contributed by atoms with E-state index in [4.69, 9.17) is 4.74 Å². The maximum Gasteiger partial charge on any atom is 0.419 e. The van der Waals surface area contributed by atoms with E-state index in [-0.39, 0.29) is 12.1 Å². The number of halogens is 4. The van der Waals surface area contributed by atoms with E-state index in [0.29, 0.717) is 24.9 Å². The van der Waals surface area contributed by atoms with Crippen molar-refractivity contribution < 1.29 is 22.3 Å². The molecule has 0 saturated heterocycles. The van der Waals surface area contributed by atoms with Crippen LogP contribution in [0.25, 0.3) is 0 Å². The van der Waals surface area contributed by atoms with Crippen LogP contribution in [0, 0.1) is 5.82 Å². The van der Waals surface area contributed by atoms with E-state index in [0.717, 1.165) is 12.1 Å². The van der Waals surface area contributed by atoms with Gasteiger partial charge in [0.25, 0.3) is 0 Å². The minimum absolute atomic E-state index is 0.0219. The van der Waals surface area contributed by atoms with Gasteiger partial charge in [-0.15, -0.1) is 0 Å². The van der Waals surface area contributed by atoms with Gasteiger partial charge in [-0.05, 0) is 44.0 Å². The second-order valence-corrected chi connectivity index (χ2v) is 4.97. The fourth-order valence-corrected chi connectivity index (χ4v) is 2.13. The van der Waals surface area contributed by atoms with Gasteiger partial charge in [0.05, 0.1) is 11.7 Å². The molecule has 0 aliphatic carbocycles. The van der Waals surface area contributed by atoms with Crippen molar-refractivity contribution in [3.8, 4) is 0 Å². The Balaban J connectivity index is 2.97. The zero-order valence-electron chi connectivity index (χ0n) is 12.4. The summed E-state index contributed by atoms with van der Waals surface area (Å²) in [6.07, 6.45) is -3.34. The molecule has 0 radical (unpaired) electrons. The van der Waals surface area contributed by atoms with E-state index < -0.39 is 17.6 Å². The topological polar surface area (TPSA) is 21.3 Å². The molecule has 2 atom stereocenters. The Morgan fingerprint density at radius 3 is 2.43 bits per heavy atom. The summed E-state index contributed by atoms with van der Waals surface area (Å²) in [6.45, 7) is 4.39. The summed E-state index contributed by atoms with van der Waals surface area (Å²) in [5.74, 6) is -1.24. The van der Waals surface area contributed by atoms with E-state index in [1.165, 1.54) is 6.07 Å². The molecule has 1 aromatic rings. The molecule has 1 N–H and O–H groups in total. The third kappa shape index (κ3) is 5.28. The number of alkyl halides is 3. The number of ether oxygens (including phenoxy) is 1. The van der Waals surface area contributed by atoms with Crippen LogP contribution in [0.4, 0.5) is 17.6 Å². The summed E-state index contributed by atoms with van der Waals surface area (Å²) in [5.41, 5.74) is -0.781. The van der Waals surface area contributed by atoms with Crippen LogP contribution in [0.1, 0.15) is 43.9 Å². The number of nitrogens with one attached hydrogen (secondary N) is 1. The lowest BCUT2D eigenvalue weighted by atomic mass is 9.98. The molecular formula is C15H21F4NO. The highest BCUT2D eigenvalue weighted by Gasteiger charge is 2.34. The Hall–Kier alpha value is -1.14. The summed E-state index contributed by atoms with van der Waals surface area (Å²) in [4.78, 5) is 0. The third-order valence-electron chi connectivity index (χ3n) is 3.41. The summed E-state index contributed by atoms with van der Waals surface area (Å²) >= 11 is 0. The van der Waals surface area contributed by atoms with Gasteiger partial charge in [-0.25, -0.2) is 4.39 Å². The molecule has 0 fully saturated rings. The van der Waals surface area contributed by atoms with Crippen molar-refractivity contribution in [2.45, 2.75) is 45.0 Å². The lowest BCUT2D eigenvalue weighted by Gasteiger charge is -2.21. The van der Waals surface area contributed by atoms with E-state index in [1.54, 1.807) is 7.11 Å². The van der Waals surface area contributed by atoms with Gasteiger partial charge in [-0.1, -0.05) is 13.0 Å². The highest BCUT2D eigenvalue weighted by Crippen LogP contribution is 2.33. The van der Waals surface area contributed by atoms with Crippen molar-refractivity contribution in [2.75, 3.05) is 13.7 Å². The normalized spacial score (nSPS) is 15.0. The van der Waals surface area contributed by atoms with E-state index in [2.05, 4.69) is 5.32 Å². The van der Waals surface area contributed by atoms with Crippen molar-refractivity contribution >= 4 is 0 Å². The molecule has 0 aliphatic rings. The molecule has 2 unspecified atom stereocenters. The molecule has 0 saturated carbocycles. The van der Waals surface area contributed by atoms with Gasteiger partial charge in [0.2, 0.25) is 0 Å². The van der Waals surface area contributed by atoms with Crippen molar-refractivity contribution in [3.63, 3.8) is 0 Å². The zero-order valence-corrected chi connectivity index (χ0v) is 12.4. The van der Waals surface area contributed by atoms with Crippen LogP contribution >= 0.6 is 0 Å². The highest BCUT2D eigenvalue weighted by atomic mass is 19.4. The number of hydrogen-bond acceptors (Lipinski definition) is 2. The summed E-state index contributed by atoms with van der Waals surface area (Å²) < 4.78 is 56.8. The Bertz CT molecular complexity index is 448. The predicted octanol–water partition coefficient (Wildman–Crippen LogP) is 4.31. The molecule has 21 heavy (non-hydrogen) atoms. The van der Waals surface area contributed by atoms with Crippen LogP contribution in [0.5, 0.6) is 0 Å². The van der Waals surface area contributed by atoms with Gasteiger partial charge in [0, 0.05) is 13.2 Å². The van der Waals surface area contributed by atoms with Gasteiger partial charge in [0.1, 0.15) is 5.82 Å².